The summed E-state index contributed by atoms with van der Waals surface area (Å²) in [7, 11) is -3.45. The van der Waals surface area contributed by atoms with Crippen molar-refractivity contribution in [2.45, 2.75) is 75.2 Å². The molecule has 4 nitrogen and oxygen atoms in total. The number of esters is 1. The second-order valence-corrected chi connectivity index (χ2v) is 23.0. The molecule has 0 aromatic heterocycles. The van der Waals surface area contributed by atoms with Gasteiger partial charge in [-0.25, -0.2) is 0 Å². The molecule has 190 valence electrons. The summed E-state index contributed by atoms with van der Waals surface area (Å²) >= 11 is 20.9. The Morgan fingerprint density at radius 3 is 1.82 bits per heavy atom. The molecule has 0 fully saturated rings. The van der Waals surface area contributed by atoms with Gasteiger partial charge in [-0.05, 0) is 76.2 Å². The van der Waals surface area contributed by atoms with E-state index in [9.17, 15) is 4.79 Å². The van der Waals surface area contributed by atoms with Crippen molar-refractivity contribution in [2.24, 2.45) is 5.41 Å². The second kappa shape index (κ2) is 13.1. The van der Waals surface area contributed by atoms with E-state index in [0.717, 1.165) is 22.9 Å². The van der Waals surface area contributed by atoms with Crippen LogP contribution in [0.25, 0.3) is 0 Å². The van der Waals surface area contributed by atoms with Crippen LogP contribution in [0, 0.1) is 5.41 Å². The molecule has 0 spiro atoms. The topological polar surface area (TPSA) is 44.8 Å². The Morgan fingerprint density at radius 1 is 0.939 bits per heavy atom. The minimum Gasteiger partial charge on any atom is -0.461 e. The molecule has 0 aliphatic heterocycles. The van der Waals surface area contributed by atoms with Gasteiger partial charge in [0, 0.05) is 23.1 Å². The van der Waals surface area contributed by atoms with E-state index in [2.05, 4.69) is 62.1 Å². The van der Waals surface area contributed by atoms with E-state index in [1.165, 1.54) is 0 Å². The van der Waals surface area contributed by atoms with Gasteiger partial charge in [0.25, 0.3) is 0 Å². The van der Waals surface area contributed by atoms with Gasteiger partial charge >= 0.3 is 5.97 Å². The van der Waals surface area contributed by atoms with Crippen molar-refractivity contribution in [3.05, 3.63) is 34.3 Å². The van der Waals surface area contributed by atoms with Crippen LogP contribution in [-0.2, 0) is 18.4 Å². The quantitative estimate of drug-likeness (QED) is 0.126. The van der Waals surface area contributed by atoms with Gasteiger partial charge in [-0.1, -0.05) is 69.8 Å². The normalized spacial score (nSPS) is 14.3. The summed E-state index contributed by atoms with van der Waals surface area (Å²) in [5.41, 5.74) is 0.679. The van der Waals surface area contributed by atoms with E-state index < -0.39 is 32.3 Å². The number of alkyl halides is 3. The molecule has 0 heterocycles. The van der Waals surface area contributed by atoms with Crippen molar-refractivity contribution in [1.29, 1.82) is 0 Å². The predicted octanol–water partition coefficient (Wildman–Crippen LogP) is 8.33. The molecule has 0 N–H and O–H groups in total. The largest absolute Gasteiger partial charge is 0.461 e. The maximum absolute atomic E-state index is 13.1. The molecule has 1 aromatic rings. The maximum atomic E-state index is 13.1. The summed E-state index contributed by atoms with van der Waals surface area (Å²) < 4.78 is 17.4. The van der Waals surface area contributed by atoms with Crippen LogP contribution in [0.1, 0.15) is 37.7 Å². The van der Waals surface area contributed by atoms with E-state index in [4.69, 9.17) is 48.4 Å². The molecule has 0 unspecified atom stereocenters. The third-order valence-corrected chi connectivity index (χ3v) is 8.15. The molecular formula is C23H38BrCl3O4Si2. The average molecular weight is 621 g/mol. The smallest absolute Gasteiger partial charge is 0.313 e. The summed E-state index contributed by atoms with van der Waals surface area (Å²) in [5, 5.41) is 0. The molecule has 1 aromatic carbocycles. The highest BCUT2D eigenvalue weighted by molar-refractivity contribution is 9.10. The van der Waals surface area contributed by atoms with Gasteiger partial charge in [-0.15, -0.1) is 0 Å². The minimum absolute atomic E-state index is 0.191. The second-order valence-electron chi connectivity index (χ2n) is 10.5. The SMILES string of the molecule is CCC(CC[C@H](C(=O)OCC(Cl)(Cl)Cl)c1ccc(Br)cc1)(CO[Si](C)(C)C)CO[Si](C)(C)C. The number of hydrogen-bond acceptors (Lipinski definition) is 4. The van der Waals surface area contributed by atoms with E-state index >= 15 is 0 Å². The lowest BCUT2D eigenvalue weighted by Gasteiger charge is -2.38. The van der Waals surface area contributed by atoms with Crippen LogP contribution < -0.4 is 0 Å². The van der Waals surface area contributed by atoms with E-state index in [-0.39, 0.29) is 12.0 Å². The van der Waals surface area contributed by atoms with Gasteiger partial charge in [-0.2, -0.15) is 0 Å². The molecule has 33 heavy (non-hydrogen) atoms. The Bertz CT molecular complexity index is 726. The summed E-state index contributed by atoms with van der Waals surface area (Å²) in [4.78, 5) is 13.1. The molecule has 0 saturated heterocycles. The number of carbonyl (C=O) groups is 1. The number of rotatable bonds is 13. The Kier molecular flexibility index (Phi) is 12.5. The first-order valence-corrected chi connectivity index (χ1v) is 20.0. The third-order valence-electron chi connectivity index (χ3n) is 5.27. The standard InChI is InChI=1S/C23H38BrCl3O4Si2/c1-8-22(15-30-32(2,3)4,16-31-33(5,6)7)14-13-20(18-9-11-19(24)12-10-18)21(28)29-17-23(25,26)27/h9-12,20H,8,13-17H2,1-7H3/t20-/m0/s1. The van der Waals surface area contributed by atoms with Gasteiger partial charge in [0.15, 0.2) is 16.6 Å². The molecule has 1 rings (SSSR count). The number of ether oxygens (including phenoxy) is 1. The van der Waals surface area contributed by atoms with E-state index in [1.54, 1.807) is 0 Å². The van der Waals surface area contributed by atoms with Gasteiger partial charge in [0.1, 0.15) is 6.61 Å². The first kappa shape index (κ1) is 31.4. The number of hydrogen-bond donors (Lipinski definition) is 0. The van der Waals surface area contributed by atoms with Crippen LogP contribution in [0.3, 0.4) is 0 Å². The van der Waals surface area contributed by atoms with Crippen LogP contribution in [0.2, 0.25) is 39.3 Å². The summed E-state index contributed by atoms with van der Waals surface area (Å²) in [5.74, 6) is -0.874. The highest BCUT2D eigenvalue weighted by Crippen LogP contribution is 2.36. The zero-order chi connectivity index (χ0) is 25.5. The van der Waals surface area contributed by atoms with Crippen LogP contribution >= 0.6 is 50.7 Å². The molecular weight excluding hydrogens is 583 g/mol. The Balaban J connectivity index is 3.14. The van der Waals surface area contributed by atoms with E-state index in [1.807, 2.05) is 24.3 Å². The zero-order valence-electron chi connectivity index (χ0n) is 20.8. The predicted molar refractivity (Wildman–Crippen MR) is 149 cm³/mol. The lowest BCUT2D eigenvalue weighted by atomic mass is 9.79. The van der Waals surface area contributed by atoms with Crippen LogP contribution in [0.15, 0.2) is 28.7 Å². The average Bonchev–Trinajstić information content (AvgIpc) is 2.67. The highest BCUT2D eigenvalue weighted by Gasteiger charge is 2.36. The van der Waals surface area contributed by atoms with E-state index in [0.29, 0.717) is 19.6 Å². The zero-order valence-corrected chi connectivity index (χ0v) is 26.6. The van der Waals surface area contributed by atoms with Crippen molar-refractivity contribution in [3.8, 4) is 0 Å². The number of halogens is 4. The molecule has 10 heteroatoms. The summed E-state index contributed by atoms with van der Waals surface area (Å²) in [6.45, 7) is 16.2. The Hall–Kier alpha value is 0.394. The van der Waals surface area contributed by atoms with Crippen LogP contribution in [-0.4, -0.2) is 46.2 Å². The fraction of sp³-hybridized carbons (Fsp3) is 0.696. The van der Waals surface area contributed by atoms with Crippen molar-refractivity contribution in [3.63, 3.8) is 0 Å². The third kappa shape index (κ3) is 13.3. The Morgan fingerprint density at radius 2 is 1.42 bits per heavy atom. The lowest BCUT2D eigenvalue weighted by Crippen LogP contribution is -2.41. The molecule has 0 bridgehead atoms. The molecule has 0 aliphatic carbocycles. The molecule has 0 saturated carbocycles. The molecule has 0 amide bonds. The fourth-order valence-corrected chi connectivity index (χ4v) is 5.03. The van der Waals surface area contributed by atoms with Crippen LogP contribution in [0.5, 0.6) is 0 Å². The van der Waals surface area contributed by atoms with Crippen molar-refractivity contribution in [2.75, 3.05) is 19.8 Å². The van der Waals surface area contributed by atoms with Crippen molar-refractivity contribution in [1.82, 2.24) is 0 Å². The molecule has 0 radical (unpaired) electrons. The molecule has 1 atom stereocenters. The lowest BCUT2D eigenvalue weighted by molar-refractivity contribution is -0.145. The number of benzene rings is 1. The van der Waals surface area contributed by atoms with Crippen molar-refractivity contribution >= 4 is 73.3 Å². The van der Waals surface area contributed by atoms with Gasteiger partial charge in [0.2, 0.25) is 3.79 Å². The molecule has 0 aliphatic rings. The maximum Gasteiger partial charge on any atom is 0.313 e. The minimum atomic E-state index is -1.73. The monoisotopic (exact) mass is 618 g/mol. The van der Waals surface area contributed by atoms with Gasteiger partial charge in [0.05, 0.1) is 5.92 Å². The number of carbonyl (C=O) groups excluding carboxylic acids is 1. The van der Waals surface area contributed by atoms with Crippen molar-refractivity contribution < 1.29 is 18.4 Å². The Labute approximate surface area is 225 Å². The first-order valence-electron chi connectivity index (χ1n) is 11.2. The van der Waals surface area contributed by atoms with Crippen LogP contribution in [0.4, 0.5) is 0 Å². The highest BCUT2D eigenvalue weighted by atomic mass is 79.9. The summed E-state index contributed by atoms with van der Waals surface area (Å²) in [6.07, 6.45) is 2.22. The van der Waals surface area contributed by atoms with Gasteiger partial charge in [-0.3, -0.25) is 4.79 Å². The first-order chi connectivity index (χ1) is 15.0. The summed E-state index contributed by atoms with van der Waals surface area (Å²) in [6, 6.07) is 7.69. The fourth-order valence-electron chi connectivity index (χ4n) is 3.13. The van der Waals surface area contributed by atoms with Gasteiger partial charge < -0.3 is 13.6 Å².